The normalized spacial score (nSPS) is 10.5. The summed E-state index contributed by atoms with van der Waals surface area (Å²) in [6.07, 6.45) is 1.85. The minimum absolute atomic E-state index is 0.0267. The van der Waals surface area contributed by atoms with Crippen molar-refractivity contribution in [2.75, 3.05) is 0 Å². The first-order valence-corrected chi connectivity index (χ1v) is 7.66. The summed E-state index contributed by atoms with van der Waals surface area (Å²) in [6, 6.07) is 4.66. The molecule has 0 radical (unpaired) electrons. The number of halogens is 2. The first-order chi connectivity index (χ1) is 10.4. The number of rotatable bonds is 4. The Bertz CT molecular complexity index is 778. The fourth-order valence-electron chi connectivity index (χ4n) is 2.28. The van der Waals surface area contributed by atoms with Gasteiger partial charge in [-0.15, -0.1) is 0 Å². The SMILES string of the molecule is CCc1c(C(=O)c2ncc(Br)cc2C)ccc(Cl)c1[N+](=O)[O-]. The maximum Gasteiger partial charge on any atom is 0.291 e. The lowest BCUT2D eigenvalue weighted by atomic mass is 9.96. The lowest BCUT2D eigenvalue weighted by molar-refractivity contribution is -0.385. The molecule has 0 fully saturated rings. The van der Waals surface area contributed by atoms with Crippen LogP contribution in [0.15, 0.2) is 28.9 Å². The van der Waals surface area contributed by atoms with Crippen molar-refractivity contribution in [2.45, 2.75) is 20.3 Å². The van der Waals surface area contributed by atoms with Crippen molar-refractivity contribution in [2.24, 2.45) is 0 Å². The van der Waals surface area contributed by atoms with Crippen LogP contribution in [0.3, 0.4) is 0 Å². The van der Waals surface area contributed by atoms with E-state index in [0.29, 0.717) is 17.5 Å². The zero-order chi connectivity index (χ0) is 16.4. The number of hydrogen-bond acceptors (Lipinski definition) is 4. The van der Waals surface area contributed by atoms with Gasteiger partial charge >= 0.3 is 0 Å². The molecule has 0 saturated carbocycles. The second-order valence-electron chi connectivity index (χ2n) is 4.68. The molecule has 5 nitrogen and oxygen atoms in total. The van der Waals surface area contributed by atoms with Crippen LogP contribution in [0.25, 0.3) is 0 Å². The van der Waals surface area contributed by atoms with Gasteiger partial charge in [0.05, 0.1) is 4.92 Å². The van der Waals surface area contributed by atoms with E-state index < -0.39 is 4.92 Å². The average molecular weight is 384 g/mol. The van der Waals surface area contributed by atoms with Crippen LogP contribution in [0.1, 0.15) is 34.1 Å². The molecule has 22 heavy (non-hydrogen) atoms. The van der Waals surface area contributed by atoms with E-state index in [2.05, 4.69) is 20.9 Å². The second kappa shape index (κ2) is 6.54. The van der Waals surface area contributed by atoms with E-state index in [-0.39, 0.29) is 27.8 Å². The number of ketones is 1. The van der Waals surface area contributed by atoms with Gasteiger partial charge in [-0.25, -0.2) is 0 Å². The summed E-state index contributed by atoms with van der Waals surface area (Å²) in [5.74, 6) is -0.346. The predicted octanol–water partition coefficient (Wildman–Crippen LogP) is 4.51. The van der Waals surface area contributed by atoms with E-state index in [1.165, 1.54) is 18.3 Å². The van der Waals surface area contributed by atoms with Crippen molar-refractivity contribution < 1.29 is 9.72 Å². The molecule has 1 heterocycles. The molecule has 114 valence electrons. The van der Waals surface area contributed by atoms with Crippen molar-refractivity contribution in [3.05, 3.63) is 66.4 Å². The molecule has 1 aromatic heterocycles. The smallest absolute Gasteiger partial charge is 0.287 e. The molecule has 2 rings (SSSR count). The highest BCUT2D eigenvalue weighted by molar-refractivity contribution is 9.10. The van der Waals surface area contributed by atoms with Gasteiger partial charge in [0.2, 0.25) is 5.78 Å². The lowest BCUT2D eigenvalue weighted by Crippen LogP contribution is -2.11. The van der Waals surface area contributed by atoms with Crippen LogP contribution < -0.4 is 0 Å². The third-order valence-electron chi connectivity index (χ3n) is 3.27. The number of aromatic nitrogens is 1. The van der Waals surface area contributed by atoms with E-state index in [9.17, 15) is 14.9 Å². The molecule has 0 aliphatic rings. The summed E-state index contributed by atoms with van der Waals surface area (Å²) in [4.78, 5) is 27.5. The van der Waals surface area contributed by atoms with Gasteiger partial charge in [0.25, 0.3) is 5.69 Å². The van der Waals surface area contributed by atoms with Crippen LogP contribution in [0.2, 0.25) is 5.02 Å². The minimum atomic E-state index is -0.556. The molecule has 0 amide bonds. The maximum absolute atomic E-state index is 12.7. The van der Waals surface area contributed by atoms with Crippen molar-refractivity contribution in [1.29, 1.82) is 0 Å². The van der Waals surface area contributed by atoms with Gasteiger partial charge in [-0.3, -0.25) is 19.9 Å². The summed E-state index contributed by atoms with van der Waals surface area (Å²) >= 11 is 9.19. The van der Waals surface area contributed by atoms with Crippen LogP contribution in [-0.4, -0.2) is 15.7 Å². The van der Waals surface area contributed by atoms with E-state index in [1.54, 1.807) is 19.9 Å². The Morgan fingerprint density at radius 2 is 2.14 bits per heavy atom. The third kappa shape index (κ3) is 3.03. The second-order valence-corrected chi connectivity index (χ2v) is 6.00. The fourth-order valence-corrected chi connectivity index (χ4v) is 2.97. The molecular weight excluding hydrogens is 372 g/mol. The van der Waals surface area contributed by atoms with Crippen molar-refractivity contribution >= 4 is 39.0 Å². The Labute approximate surface area is 140 Å². The number of hydrogen-bond donors (Lipinski definition) is 0. The monoisotopic (exact) mass is 382 g/mol. The van der Waals surface area contributed by atoms with Gasteiger partial charge in [0.1, 0.15) is 10.7 Å². The first kappa shape index (κ1) is 16.6. The number of carbonyl (C=O) groups excluding carboxylic acids is 1. The van der Waals surface area contributed by atoms with Crippen molar-refractivity contribution in [3.63, 3.8) is 0 Å². The van der Waals surface area contributed by atoms with Gasteiger partial charge in [-0.1, -0.05) is 18.5 Å². The maximum atomic E-state index is 12.7. The Morgan fingerprint density at radius 3 is 2.68 bits per heavy atom. The van der Waals surface area contributed by atoms with Gasteiger partial charge < -0.3 is 0 Å². The van der Waals surface area contributed by atoms with Crippen LogP contribution >= 0.6 is 27.5 Å². The lowest BCUT2D eigenvalue weighted by Gasteiger charge is -2.10. The van der Waals surface area contributed by atoms with Crippen LogP contribution in [0, 0.1) is 17.0 Å². The molecule has 0 unspecified atom stereocenters. The molecule has 0 atom stereocenters. The molecular formula is C15H12BrClN2O3. The zero-order valence-corrected chi connectivity index (χ0v) is 14.2. The topological polar surface area (TPSA) is 73.1 Å². The van der Waals surface area contributed by atoms with Gasteiger partial charge in [0, 0.05) is 21.8 Å². The molecule has 0 spiro atoms. The number of pyridine rings is 1. The van der Waals surface area contributed by atoms with Crippen molar-refractivity contribution in [3.8, 4) is 0 Å². The molecule has 1 aromatic carbocycles. The molecule has 0 saturated heterocycles. The largest absolute Gasteiger partial charge is 0.291 e. The number of nitro groups is 1. The van der Waals surface area contributed by atoms with E-state index in [0.717, 1.165) is 4.47 Å². The fraction of sp³-hybridized carbons (Fsp3) is 0.200. The number of benzene rings is 1. The Kier molecular flexibility index (Phi) is 4.93. The standard InChI is InChI=1S/C15H12BrClN2O3/c1-3-10-11(4-5-12(17)14(10)19(21)22)15(20)13-8(2)6-9(16)7-18-13/h4-7H,3H2,1-2H3. The molecule has 0 aliphatic heterocycles. The number of aryl methyl sites for hydroxylation is 1. The Balaban J connectivity index is 2.64. The third-order valence-corrected chi connectivity index (χ3v) is 4.01. The van der Waals surface area contributed by atoms with E-state index in [4.69, 9.17) is 11.6 Å². The average Bonchev–Trinajstić information content (AvgIpc) is 2.45. The number of carbonyl (C=O) groups is 1. The summed E-state index contributed by atoms with van der Waals surface area (Å²) in [6.45, 7) is 3.51. The Hall–Kier alpha value is -1.79. The highest BCUT2D eigenvalue weighted by Gasteiger charge is 2.25. The number of nitro benzene ring substituents is 1. The molecule has 0 N–H and O–H groups in total. The van der Waals surface area contributed by atoms with Crippen LogP contribution in [0.5, 0.6) is 0 Å². The van der Waals surface area contributed by atoms with Crippen molar-refractivity contribution in [1.82, 2.24) is 4.98 Å². The minimum Gasteiger partial charge on any atom is -0.287 e. The summed E-state index contributed by atoms with van der Waals surface area (Å²) < 4.78 is 0.763. The molecule has 2 aromatic rings. The van der Waals surface area contributed by atoms with E-state index >= 15 is 0 Å². The highest BCUT2D eigenvalue weighted by atomic mass is 79.9. The van der Waals surface area contributed by atoms with Crippen LogP contribution in [0.4, 0.5) is 5.69 Å². The van der Waals surface area contributed by atoms with E-state index in [1.807, 2.05) is 0 Å². The zero-order valence-electron chi connectivity index (χ0n) is 11.9. The summed E-state index contributed by atoms with van der Waals surface area (Å²) in [5, 5.41) is 11.2. The van der Waals surface area contributed by atoms with Crippen LogP contribution in [-0.2, 0) is 6.42 Å². The number of nitrogens with zero attached hydrogens (tertiary/aromatic N) is 2. The predicted molar refractivity (Wildman–Crippen MR) is 87.6 cm³/mol. The summed E-state index contributed by atoms with van der Waals surface area (Å²) in [7, 11) is 0. The van der Waals surface area contributed by atoms with Gasteiger partial charge in [-0.05, 0) is 53.0 Å². The molecule has 7 heteroatoms. The van der Waals surface area contributed by atoms with Gasteiger partial charge in [-0.2, -0.15) is 0 Å². The summed E-state index contributed by atoms with van der Waals surface area (Å²) in [5.41, 5.74) is 1.33. The molecule has 0 bridgehead atoms. The van der Waals surface area contributed by atoms with Gasteiger partial charge in [0.15, 0.2) is 0 Å². The molecule has 0 aliphatic carbocycles. The highest BCUT2D eigenvalue weighted by Crippen LogP contribution is 2.32. The Morgan fingerprint density at radius 1 is 1.45 bits per heavy atom. The first-order valence-electron chi connectivity index (χ1n) is 6.49. The quantitative estimate of drug-likeness (QED) is 0.442.